The van der Waals surface area contributed by atoms with E-state index in [1.165, 1.54) is 11.1 Å². The molecule has 4 heteroatoms. The maximum atomic E-state index is 5.31. The van der Waals surface area contributed by atoms with Crippen LogP contribution in [0, 0.1) is 0 Å². The number of rotatable bonds is 6. The zero-order chi connectivity index (χ0) is 13.7. The lowest BCUT2D eigenvalue weighted by Crippen LogP contribution is -2.23. The van der Waals surface area contributed by atoms with E-state index in [4.69, 9.17) is 9.15 Å². The maximum Gasteiger partial charge on any atom is 0.119 e. The topological polar surface area (TPSA) is 34.4 Å². The third-order valence-electron chi connectivity index (χ3n) is 3.05. The zero-order valence-corrected chi connectivity index (χ0v) is 12.7. The number of hydrogen-bond donors (Lipinski definition) is 1. The minimum atomic E-state index is 0.229. The molecule has 0 aliphatic rings. The van der Waals surface area contributed by atoms with E-state index in [9.17, 15) is 0 Å². The highest BCUT2D eigenvalue weighted by Gasteiger charge is 2.15. The van der Waals surface area contributed by atoms with Crippen LogP contribution in [-0.2, 0) is 6.42 Å². The van der Waals surface area contributed by atoms with Gasteiger partial charge >= 0.3 is 0 Å². The molecule has 1 atom stereocenters. The van der Waals surface area contributed by atoms with E-state index >= 15 is 0 Å². The SMILES string of the molecule is CCNC(Cc1ccoc1)c1cc(OC)ccc1Br. The molecule has 0 fully saturated rings. The summed E-state index contributed by atoms with van der Waals surface area (Å²) in [5.41, 5.74) is 2.38. The zero-order valence-electron chi connectivity index (χ0n) is 11.2. The standard InChI is InChI=1S/C15H18BrNO2/c1-3-17-15(8-11-6-7-19-10-11)13-9-12(18-2)4-5-14(13)16/h4-7,9-10,15,17H,3,8H2,1-2H3. The first-order chi connectivity index (χ1) is 9.24. The molecule has 2 aromatic rings. The van der Waals surface area contributed by atoms with Crippen molar-refractivity contribution in [2.75, 3.05) is 13.7 Å². The number of furan rings is 1. The van der Waals surface area contributed by atoms with Gasteiger partial charge in [-0.05, 0) is 48.4 Å². The van der Waals surface area contributed by atoms with Crippen LogP contribution in [0.2, 0.25) is 0 Å². The first-order valence-corrected chi connectivity index (χ1v) is 7.11. The summed E-state index contributed by atoms with van der Waals surface area (Å²) in [5.74, 6) is 0.869. The minimum Gasteiger partial charge on any atom is -0.497 e. The number of benzene rings is 1. The molecule has 0 spiro atoms. The van der Waals surface area contributed by atoms with Gasteiger partial charge in [0.2, 0.25) is 0 Å². The van der Waals surface area contributed by atoms with Gasteiger partial charge in [0.15, 0.2) is 0 Å². The molecule has 1 unspecified atom stereocenters. The Morgan fingerprint density at radius 2 is 2.21 bits per heavy atom. The number of methoxy groups -OCH3 is 1. The van der Waals surface area contributed by atoms with Crippen LogP contribution in [0.25, 0.3) is 0 Å². The Bertz CT molecular complexity index is 511. The van der Waals surface area contributed by atoms with Gasteiger partial charge in [-0.25, -0.2) is 0 Å². The van der Waals surface area contributed by atoms with Crippen molar-refractivity contribution in [3.05, 3.63) is 52.4 Å². The van der Waals surface area contributed by atoms with Crippen molar-refractivity contribution < 1.29 is 9.15 Å². The molecule has 0 aliphatic heterocycles. The van der Waals surface area contributed by atoms with E-state index in [1.807, 2.05) is 18.2 Å². The summed E-state index contributed by atoms with van der Waals surface area (Å²) >= 11 is 3.62. The van der Waals surface area contributed by atoms with Crippen molar-refractivity contribution >= 4 is 15.9 Å². The lowest BCUT2D eigenvalue weighted by Gasteiger charge is -2.20. The van der Waals surface area contributed by atoms with Gasteiger partial charge in [0.05, 0.1) is 19.6 Å². The van der Waals surface area contributed by atoms with Gasteiger partial charge in [-0.1, -0.05) is 22.9 Å². The van der Waals surface area contributed by atoms with Crippen molar-refractivity contribution in [1.82, 2.24) is 5.32 Å². The van der Waals surface area contributed by atoms with E-state index in [0.717, 1.165) is 23.2 Å². The predicted octanol–water partition coefficient (Wildman–Crippen LogP) is 3.94. The first kappa shape index (κ1) is 14.2. The Morgan fingerprint density at radius 1 is 1.37 bits per heavy atom. The molecule has 3 nitrogen and oxygen atoms in total. The monoisotopic (exact) mass is 323 g/mol. The largest absolute Gasteiger partial charge is 0.497 e. The molecule has 1 aromatic carbocycles. The normalized spacial score (nSPS) is 12.4. The molecule has 0 saturated heterocycles. The molecular formula is C15H18BrNO2. The van der Waals surface area contributed by atoms with Crippen molar-refractivity contribution in [1.29, 1.82) is 0 Å². The van der Waals surface area contributed by atoms with Crippen molar-refractivity contribution in [2.45, 2.75) is 19.4 Å². The van der Waals surface area contributed by atoms with Gasteiger partial charge in [-0.3, -0.25) is 0 Å². The predicted molar refractivity (Wildman–Crippen MR) is 79.5 cm³/mol. The fourth-order valence-electron chi connectivity index (χ4n) is 2.10. The van der Waals surface area contributed by atoms with E-state index in [0.29, 0.717) is 0 Å². The quantitative estimate of drug-likeness (QED) is 0.874. The smallest absolute Gasteiger partial charge is 0.119 e. The Morgan fingerprint density at radius 3 is 2.84 bits per heavy atom. The van der Waals surface area contributed by atoms with E-state index in [-0.39, 0.29) is 6.04 Å². The van der Waals surface area contributed by atoms with Crippen LogP contribution in [0.5, 0.6) is 5.75 Å². The van der Waals surface area contributed by atoms with Crippen LogP contribution in [0.4, 0.5) is 0 Å². The summed E-state index contributed by atoms with van der Waals surface area (Å²) in [4.78, 5) is 0. The van der Waals surface area contributed by atoms with Gasteiger partial charge in [-0.2, -0.15) is 0 Å². The van der Waals surface area contributed by atoms with E-state index in [2.05, 4.69) is 34.2 Å². The average Bonchev–Trinajstić information content (AvgIpc) is 2.92. The molecule has 2 rings (SSSR count). The molecule has 102 valence electrons. The summed E-state index contributed by atoms with van der Waals surface area (Å²) in [6.45, 7) is 3.02. The Hall–Kier alpha value is -1.26. The van der Waals surface area contributed by atoms with Crippen LogP contribution >= 0.6 is 15.9 Å². The molecule has 0 amide bonds. The average molecular weight is 324 g/mol. The fraction of sp³-hybridized carbons (Fsp3) is 0.333. The van der Waals surface area contributed by atoms with Crippen molar-refractivity contribution in [3.8, 4) is 5.75 Å². The molecule has 1 heterocycles. The van der Waals surface area contributed by atoms with Crippen molar-refractivity contribution in [3.63, 3.8) is 0 Å². The third-order valence-corrected chi connectivity index (χ3v) is 3.77. The van der Waals surface area contributed by atoms with Crippen LogP contribution in [0.1, 0.15) is 24.1 Å². The molecule has 1 aromatic heterocycles. The fourth-order valence-corrected chi connectivity index (χ4v) is 2.62. The maximum absolute atomic E-state index is 5.31. The van der Waals surface area contributed by atoms with Gasteiger partial charge in [-0.15, -0.1) is 0 Å². The summed E-state index contributed by atoms with van der Waals surface area (Å²) < 4.78 is 11.5. The van der Waals surface area contributed by atoms with Crippen LogP contribution < -0.4 is 10.1 Å². The van der Waals surface area contributed by atoms with Gasteiger partial charge in [0, 0.05) is 10.5 Å². The van der Waals surface area contributed by atoms with Crippen LogP contribution in [0.15, 0.2) is 45.7 Å². The number of halogens is 1. The van der Waals surface area contributed by atoms with E-state index in [1.54, 1.807) is 19.6 Å². The second kappa shape index (κ2) is 6.78. The van der Waals surface area contributed by atoms with Gasteiger partial charge in [0.1, 0.15) is 5.75 Å². The number of nitrogens with one attached hydrogen (secondary N) is 1. The highest BCUT2D eigenvalue weighted by Crippen LogP contribution is 2.29. The Labute approximate surface area is 122 Å². The lowest BCUT2D eigenvalue weighted by atomic mass is 10.00. The summed E-state index contributed by atoms with van der Waals surface area (Å²) in [5, 5.41) is 3.50. The number of likely N-dealkylation sites (N-methyl/N-ethyl adjacent to an activating group) is 1. The summed E-state index contributed by atoms with van der Waals surface area (Å²) in [7, 11) is 1.69. The molecular weight excluding hydrogens is 306 g/mol. The third kappa shape index (κ3) is 3.61. The van der Waals surface area contributed by atoms with Crippen LogP contribution in [-0.4, -0.2) is 13.7 Å². The highest BCUT2D eigenvalue weighted by molar-refractivity contribution is 9.10. The van der Waals surface area contributed by atoms with Crippen LogP contribution in [0.3, 0.4) is 0 Å². The highest BCUT2D eigenvalue weighted by atomic mass is 79.9. The molecule has 0 bridgehead atoms. The Balaban J connectivity index is 2.27. The minimum absolute atomic E-state index is 0.229. The molecule has 0 radical (unpaired) electrons. The molecule has 0 aliphatic carbocycles. The molecule has 0 saturated carbocycles. The first-order valence-electron chi connectivity index (χ1n) is 6.32. The van der Waals surface area contributed by atoms with Crippen molar-refractivity contribution in [2.24, 2.45) is 0 Å². The molecule has 1 N–H and O–H groups in total. The number of hydrogen-bond acceptors (Lipinski definition) is 3. The lowest BCUT2D eigenvalue weighted by molar-refractivity contribution is 0.412. The van der Waals surface area contributed by atoms with E-state index < -0.39 is 0 Å². The van der Waals surface area contributed by atoms with Gasteiger partial charge < -0.3 is 14.5 Å². The Kier molecular flexibility index (Phi) is 5.05. The summed E-state index contributed by atoms with van der Waals surface area (Å²) in [6.07, 6.45) is 4.38. The molecule has 19 heavy (non-hydrogen) atoms. The summed E-state index contributed by atoms with van der Waals surface area (Å²) in [6, 6.07) is 8.27. The van der Waals surface area contributed by atoms with Gasteiger partial charge in [0.25, 0.3) is 0 Å². The second-order valence-electron chi connectivity index (χ2n) is 4.33. The second-order valence-corrected chi connectivity index (χ2v) is 5.19. The number of ether oxygens (including phenoxy) is 1.